The molecule has 0 bridgehead atoms. The second-order valence-electron chi connectivity index (χ2n) is 5.97. The first-order valence-electron chi connectivity index (χ1n) is 7.73. The van der Waals surface area contributed by atoms with E-state index in [0.717, 1.165) is 0 Å². The van der Waals surface area contributed by atoms with Crippen LogP contribution in [0.1, 0.15) is 30.6 Å². The van der Waals surface area contributed by atoms with E-state index in [-0.39, 0.29) is 11.8 Å². The van der Waals surface area contributed by atoms with Crippen LogP contribution in [0.3, 0.4) is 0 Å². The molecule has 22 heavy (non-hydrogen) atoms. The van der Waals surface area contributed by atoms with Gasteiger partial charge in [0.1, 0.15) is 5.75 Å². The Morgan fingerprint density at radius 3 is 2.27 bits per heavy atom. The minimum absolute atomic E-state index is 0.0339. The van der Waals surface area contributed by atoms with E-state index in [4.69, 9.17) is 4.74 Å². The molecule has 1 aromatic carbocycles. The summed E-state index contributed by atoms with van der Waals surface area (Å²) in [5.74, 6) is 1.10. The first-order chi connectivity index (χ1) is 10.5. The largest absolute Gasteiger partial charge is 0.496 e. The lowest BCUT2D eigenvalue weighted by Gasteiger charge is -2.35. The van der Waals surface area contributed by atoms with Crippen molar-refractivity contribution in [1.82, 2.24) is 9.80 Å². The second kappa shape index (κ2) is 7.29. The van der Waals surface area contributed by atoms with Crippen LogP contribution < -0.4 is 4.74 Å². The first kappa shape index (κ1) is 16.3. The number of piperazine rings is 1. The Bertz CT molecular complexity index is 534. The average molecular weight is 304 g/mol. The van der Waals surface area contributed by atoms with Crippen LogP contribution in [0.15, 0.2) is 24.3 Å². The van der Waals surface area contributed by atoms with E-state index in [1.165, 1.54) is 0 Å². The molecule has 0 aromatic heterocycles. The number of para-hydroxylation sites is 1. The Balaban J connectivity index is 1.96. The molecule has 1 fully saturated rings. The van der Waals surface area contributed by atoms with Gasteiger partial charge in [-0.3, -0.25) is 9.59 Å². The van der Waals surface area contributed by atoms with Crippen LogP contribution in [0.5, 0.6) is 5.75 Å². The summed E-state index contributed by atoms with van der Waals surface area (Å²) < 4.78 is 5.25. The maximum Gasteiger partial charge on any atom is 0.257 e. The van der Waals surface area contributed by atoms with E-state index < -0.39 is 0 Å². The Kier molecular flexibility index (Phi) is 5.41. The molecule has 0 N–H and O–H groups in total. The summed E-state index contributed by atoms with van der Waals surface area (Å²) in [5.41, 5.74) is 0.576. The molecule has 0 saturated carbocycles. The van der Waals surface area contributed by atoms with Crippen molar-refractivity contribution in [2.24, 2.45) is 5.92 Å². The minimum atomic E-state index is -0.0339. The van der Waals surface area contributed by atoms with Gasteiger partial charge < -0.3 is 14.5 Å². The van der Waals surface area contributed by atoms with E-state index in [1.54, 1.807) is 24.1 Å². The van der Waals surface area contributed by atoms with Gasteiger partial charge in [-0.1, -0.05) is 26.0 Å². The van der Waals surface area contributed by atoms with Crippen LogP contribution in [0.4, 0.5) is 0 Å². The maximum absolute atomic E-state index is 12.6. The molecular formula is C17H24N2O3. The zero-order valence-electron chi connectivity index (χ0n) is 13.5. The molecule has 0 aliphatic carbocycles. The van der Waals surface area contributed by atoms with Crippen molar-refractivity contribution in [1.29, 1.82) is 0 Å². The quantitative estimate of drug-likeness (QED) is 0.855. The van der Waals surface area contributed by atoms with Crippen molar-refractivity contribution in [3.05, 3.63) is 29.8 Å². The van der Waals surface area contributed by atoms with Gasteiger partial charge in [0.15, 0.2) is 0 Å². The Hall–Kier alpha value is -2.04. The number of hydrogen-bond acceptors (Lipinski definition) is 3. The molecule has 5 heteroatoms. The molecule has 0 spiro atoms. The molecule has 2 amide bonds. The SMILES string of the molecule is COc1ccccc1C(=O)N1CCN(C(=O)CC(C)C)CC1. The normalized spacial score (nSPS) is 15.1. The molecule has 0 atom stereocenters. The van der Waals surface area contributed by atoms with Gasteiger partial charge in [-0.15, -0.1) is 0 Å². The number of rotatable bonds is 4. The Morgan fingerprint density at radius 2 is 1.68 bits per heavy atom. The van der Waals surface area contributed by atoms with Crippen LogP contribution >= 0.6 is 0 Å². The van der Waals surface area contributed by atoms with Crippen molar-refractivity contribution in [3.8, 4) is 5.75 Å². The molecular weight excluding hydrogens is 280 g/mol. The fraction of sp³-hybridized carbons (Fsp3) is 0.529. The zero-order valence-corrected chi connectivity index (χ0v) is 13.5. The second-order valence-corrected chi connectivity index (χ2v) is 5.97. The van der Waals surface area contributed by atoms with Gasteiger partial charge in [0.05, 0.1) is 12.7 Å². The third kappa shape index (κ3) is 3.78. The third-order valence-corrected chi connectivity index (χ3v) is 3.84. The van der Waals surface area contributed by atoms with Crippen molar-refractivity contribution in [2.75, 3.05) is 33.3 Å². The van der Waals surface area contributed by atoms with Crippen LogP contribution in [-0.2, 0) is 4.79 Å². The highest BCUT2D eigenvalue weighted by molar-refractivity contribution is 5.97. The van der Waals surface area contributed by atoms with Gasteiger partial charge in [0.2, 0.25) is 5.91 Å². The predicted octanol–water partition coefficient (Wildman–Crippen LogP) is 2.03. The molecule has 120 valence electrons. The average Bonchev–Trinajstić information content (AvgIpc) is 2.53. The molecule has 5 nitrogen and oxygen atoms in total. The van der Waals surface area contributed by atoms with Crippen molar-refractivity contribution in [2.45, 2.75) is 20.3 Å². The maximum atomic E-state index is 12.6. The summed E-state index contributed by atoms with van der Waals surface area (Å²) in [5, 5.41) is 0. The highest BCUT2D eigenvalue weighted by atomic mass is 16.5. The van der Waals surface area contributed by atoms with E-state index in [0.29, 0.717) is 49.8 Å². The van der Waals surface area contributed by atoms with E-state index >= 15 is 0 Å². The summed E-state index contributed by atoms with van der Waals surface area (Å²) >= 11 is 0. The molecule has 1 aliphatic heterocycles. The molecule has 1 heterocycles. The summed E-state index contributed by atoms with van der Waals surface area (Å²) in [7, 11) is 1.56. The van der Waals surface area contributed by atoms with E-state index in [2.05, 4.69) is 0 Å². The molecule has 1 saturated heterocycles. The van der Waals surface area contributed by atoms with Crippen molar-refractivity contribution in [3.63, 3.8) is 0 Å². The van der Waals surface area contributed by atoms with E-state index in [9.17, 15) is 9.59 Å². The number of carbonyl (C=O) groups is 2. The van der Waals surface area contributed by atoms with Crippen LogP contribution in [-0.4, -0.2) is 54.9 Å². The molecule has 2 rings (SSSR count). The molecule has 1 aliphatic rings. The van der Waals surface area contributed by atoms with Crippen LogP contribution in [0.2, 0.25) is 0 Å². The van der Waals surface area contributed by atoms with Crippen molar-refractivity contribution < 1.29 is 14.3 Å². The lowest BCUT2D eigenvalue weighted by Crippen LogP contribution is -2.50. The zero-order chi connectivity index (χ0) is 16.1. The number of carbonyl (C=O) groups excluding carboxylic acids is 2. The van der Waals surface area contributed by atoms with Gasteiger partial charge in [0, 0.05) is 32.6 Å². The number of ether oxygens (including phenoxy) is 1. The third-order valence-electron chi connectivity index (χ3n) is 3.84. The summed E-state index contributed by atoms with van der Waals surface area (Å²) in [6, 6.07) is 7.24. The summed E-state index contributed by atoms with van der Waals surface area (Å²) in [4.78, 5) is 28.3. The fourth-order valence-corrected chi connectivity index (χ4v) is 2.63. The topological polar surface area (TPSA) is 49.9 Å². The number of nitrogens with zero attached hydrogens (tertiary/aromatic N) is 2. The predicted molar refractivity (Wildman–Crippen MR) is 84.9 cm³/mol. The number of hydrogen-bond donors (Lipinski definition) is 0. The van der Waals surface area contributed by atoms with Gasteiger partial charge in [0.25, 0.3) is 5.91 Å². The minimum Gasteiger partial charge on any atom is -0.496 e. The van der Waals surface area contributed by atoms with Crippen molar-refractivity contribution >= 4 is 11.8 Å². The molecule has 1 aromatic rings. The van der Waals surface area contributed by atoms with Gasteiger partial charge in [-0.05, 0) is 18.1 Å². The standard InChI is InChI=1S/C17H24N2O3/c1-13(2)12-16(20)18-8-10-19(11-9-18)17(21)14-6-4-5-7-15(14)22-3/h4-7,13H,8-12H2,1-3H3. The molecule has 0 unspecified atom stereocenters. The lowest BCUT2D eigenvalue weighted by atomic mass is 10.1. The van der Waals surface area contributed by atoms with Gasteiger partial charge >= 0.3 is 0 Å². The molecule has 0 radical (unpaired) electrons. The van der Waals surface area contributed by atoms with Crippen LogP contribution in [0, 0.1) is 5.92 Å². The van der Waals surface area contributed by atoms with Crippen LogP contribution in [0.25, 0.3) is 0 Å². The lowest BCUT2D eigenvalue weighted by molar-refractivity contribution is -0.133. The monoisotopic (exact) mass is 304 g/mol. The fourth-order valence-electron chi connectivity index (χ4n) is 2.63. The number of methoxy groups -OCH3 is 1. The van der Waals surface area contributed by atoms with E-state index in [1.807, 2.05) is 30.9 Å². The smallest absolute Gasteiger partial charge is 0.257 e. The first-order valence-corrected chi connectivity index (χ1v) is 7.73. The number of amides is 2. The highest BCUT2D eigenvalue weighted by Gasteiger charge is 2.26. The highest BCUT2D eigenvalue weighted by Crippen LogP contribution is 2.20. The number of benzene rings is 1. The van der Waals surface area contributed by atoms with Gasteiger partial charge in [-0.2, -0.15) is 0 Å². The summed E-state index contributed by atoms with van der Waals surface area (Å²) in [6.07, 6.45) is 0.570. The Labute approximate surface area is 131 Å². The Morgan fingerprint density at radius 1 is 1.09 bits per heavy atom. The van der Waals surface area contributed by atoms with Gasteiger partial charge in [-0.25, -0.2) is 0 Å². The summed E-state index contributed by atoms with van der Waals surface area (Å²) in [6.45, 7) is 6.43.